The first-order chi connectivity index (χ1) is 13.6. The number of nitrogens with zero attached hydrogens (tertiary/aromatic N) is 1. The third-order valence-electron chi connectivity index (χ3n) is 4.13. The number of aromatic amines is 2. The number of hydrogen-bond acceptors (Lipinski definition) is 5. The first kappa shape index (κ1) is 23.6. The van der Waals surface area contributed by atoms with Crippen LogP contribution in [-0.4, -0.2) is 47.2 Å². The fourth-order valence-corrected chi connectivity index (χ4v) is 2.56. The minimum atomic E-state index is -0.598. The van der Waals surface area contributed by atoms with Crippen LogP contribution in [-0.2, 0) is 20.9 Å². The van der Waals surface area contributed by atoms with E-state index in [0.717, 1.165) is 38.5 Å². The van der Waals surface area contributed by atoms with Gasteiger partial charge in [0.2, 0.25) is 0 Å². The highest BCUT2D eigenvalue weighted by molar-refractivity contribution is 6.34. The highest BCUT2D eigenvalue weighted by atomic mass is 16.5. The van der Waals surface area contributed by atoms with Gasteiger partial charge in [-0.25, -0.2) is 9.89 Å². The van der Waals surface area contributed by atoms with Crippen LogP contribution in [0.5, 0.6) is 0 Å². The molecule has 0 radical (unpaired) electrons. The van der Waals surface area contributed by atoms with Crippen LogP contribution in [0.1, 0.15) is 63.6 Å². The van der Waals surface area contributed by atoms with Gasteiger partial charge in [-0.1, -0.05) is 31.4 Å². The van der Waals surface area contributed by atoms with E-state index in [9.17, 15) is 14.4 Å². The summed E-state index contributed by atoms with van der Waals surface area (Å²) < 4.78 is 5.46. The molecular weight excluding hydrogens is 362 g/mol. The summed E-state index contributed by atoms with van der Waals surface area (Å²) in [7, 11) is 1.44. The maximum atomic E-state index is 11.2. The Morgan fingerprint density at radius 2 is 1.68 bits per heavy atom. The number of hydrogen-bond donors (Lipinski definition) is 4. The molecule has 0 fully saturated rings. The first-order valence-corrected chi connectivity index (χ1v) is 9.99. The van der Waals surface area contributed by atoms with Gasteiger partial charge in [0, 0.05) is 20.2 Å². The van der Waals surface area contributed by atoms with Gasteiger partial charge in [0.05, 0.1) is 0 Å². The maximum absolute atomic E-state index is 11.2. The van der Waals surface area contributed by atoms with Crippen LogP contribution in [0.3, 0.4) is 0 Å². The third-order valence-corrected chi connectivity index (χ3v) is 4.13. The van der Waals surface area contributed by atoms with Crippen LogP contribution in [0.2, 0.25) is 0 Å². The lowest BCUT2D eigenvalue weighted by Crippen LogP contribution is -2.38. The number of likely N-dealkylation sites (N-methyl/N-ethyl adjacent to an activating group) is 1. The first-order valence-electron chi connectivity index (χ1n) is 9.99. The van der Waals surface area contributed by atoms with Crippen molar-refractivity contribution in [3.8, 4) is 0 Å². The van der Waals surface area contributed by atoms with Crippen LogP contribution in [0.25, 0.3) is 0 Å². The minimum Gasteiger partial charge on any atom is -0.373 e. The predicted molar refractivity (Wildman–Crippen MR) is 107 cm³/mol. The molecule has 0 unspecified atom stereocenters. The van der Waals surface area contributed by atoms with E-state index in [1.165, 1.54) is 26.3 Å². The van der Waals surface area contributed by atoms with Crippen molar-refractivity contribution in [2.75, 3.05) is 20.2 Å². The SMILES string of the molecule is CNC(=O)C(=O)NCCCC/C=C\CCCCCCCOCc1n[nH]c(=O)[nH]1. The maximum Gasteiger partial charge on any atom is 0.340 e. The highest BCUT2D eigenvalue weighted by Crippen LogP contribution is 2.07. The van der Waals surface area contributed by atoms with Crippen LogP contribution >= 0.6 is 0 Å². The summed E-state index contributed by atoms with van der Waals surface area (Å²) in [6, 6.07) is 0. The Labute approximate surface area is 165 Å². The number of unbranched alkanes of at least 4 members (excludes halogenated alkanes) is 7. The lowest BCUT2D eigenvalue weighted by Gasteiger charge is -2.03. The molecule has 1 rings (SSSR count). The van der Waals surface area contributed by atoms with E-state index in [-0.39, 0.29) is 5.69 Å². The number of carbonyl (C=O) groups excluding carboxylic acids is 2. The molecule has 28 heavy (non-hydrogen) atoms. The van der Waals surface area contributed by atoms with Gasteiger partial charge in [-0.05, 0) is 38.5 Å². The van der Waals surface area contributed by atoms with Gasteiger partial charge in [-0.2, -0.15) is 5.10 Å². The molecule has 0 saturated heterocycles. The van der Waals surface area contributed by atoms with E-state index in [1.54, 1.807) is 0 Å². The van der Waals surface area contributed by atoms with Crippen molar-refractivity contribution in [3.05, 3.63) is 28.5 Å². The molecule has 1 aromatic rings. The monoisotopic (exact) mass is 395 g/mol. The molecule has 9 nitrogen and oxygen atoms in total. The lowest BCUT2D eigenvalue weighted by atomic mass is 10.1. The van der Waals surface area contributed by atoms with Gasteiger partial charge in [0.25, 0.3) is 0 Å². The van der Waals surface area contributed by atoms with Gasteiger partial charge < -0.3 is 15.4 Å². The molecule has 158 valence electrons. The molecule has 0 aliphatic rings. The Balaban J connectivity index is 1.80. The molecule has 4 N–H and O–H groups in total. The summed E-state index contributed by atoms with van der Waals surface area (Å²) in [6.07, 6.45) is 14.1. The van der Waals surface area contributed by atoms with Gasteiger partial charge in [0.1, 0.15) is 6.61 Å². The number of amides is 2. The molecule has 0 atom stereocenters. The second-order valence-corrected chi connectivity index (χ2v) is 6.54. The molecule has 9 heteroatoms. The average molecular weight is 396 g/mol. The van der Waals surface area contributed by atoms with Crippen molar-refractivity contribution >= 4 is 11.8 Å². The van der Waals surface area contributed by atoms with Crippen molar-refractivity contribution in [2.24, 2.45) is 0 Å². The number of H-pyrrole nitrogens is 2. The molecule has 0 bridgehead atoms. The van der Waals surface area contributed by atoms with E-state index < -0.39 is 11.8 Å². The van der Waals surface area contributed by atoms with Crippen LogP contribution in [0, 0.1) is 0 Å². The fourth-order valence-electron chi connectivity index (χ4n) is 2.56. The van der Waals surface area contributed by atoms with E-state index in [1.807, 2.05) is 0 Å². The number of nitrogens with one attached hydrogen (secondary N) is 4. The number of carbonyl (C=O) groups is 2. The molecule has 0 saturated carbocycles. The van der Waals surface area contributed by atoms with Gasteiger partial charge >= 0.3 is 17.5 Å². The van der Waals surface area contributed by atoms with Crippen molar-refractivity contribution in [2.45, 2.75) is 64.4 Å². The Hall–Kier alpha value is -2.42. The molecule has 0 spiro atoms. The van der Waals surface area contributed by atoms with Crippen LogP contribution in [0.4, 0.5) is 0 Å². The van der Waals surface area contributed by atoms with E-state index in [4.69, 9.17) is 4.74 Å². The zero-order valence-corrected chi connectivity index (χ0v) is 16.7. The number of ether oxygens (including phenoxy) is 1. The molecular formula is C19H33N5O4. The number of rotatable bonds is 15. The zero-order valence-electron chi connectivity index (χ0n) is 16.7. The smallest absolute Gasteiger partial charge is 0.340 e. The van der Waals surface area contributed by atoms with Crippen molar-refractivity contribution in [3.63, 3.8) is 0 Å². The zero-order chi connectivity index (χ0) is 20.5. The topological polar surface area (TPSA) is 129 Å². The summed E-state index contributed by atoms with van der Waals surface area (Å²) in [4.78, 5) is 35.6. The average Bonchev–Trinajstić information content (AvgIpc) is 3.11. The standard InChI is InChI=1S/C19H33N5O4/c1-20-17(25)18(26)21-13-11-9-7-5-3-2-4-6-8-10-12-14-28-15-16-22-19(27)24-23-16/h3,5H,2,4,6-15H2,1H3,(H,20,25)(H,21,26)(H2,22,23,24,27)/b5-3-. The Morgan fingerprint density at radius 1 is 1.00 bits per heavy atom. The van der Waals surface area contributed by atoms with Crippen molar-refractivity contribution in [1.29, 1.82) is 0 Å². The molecule has 0 aliphatic heterocycles. The second-order valence-electron chi connectivity index (χ2n) is 6.54. The predicted octanol–water partition coefficient (Wildman–Crippen LogP) is 1.54. The van der Waals surface area contributed by atoms with Gasteiger partial charge in [-0.15, -0.1) is 0 Å². The summed E-state index contributed by atoms with van der Waals surface area (Å²) >= 11 is 0. The second kappa shape index (κ2) is 15.6. The molecule has 2 amide bonds. The third kappa shape index (κ3) is 12.1. The summed E-state index contributed by atoms with van der Waals surface area (Å²) in [5, 5.41) is 11.0. The number of aromatic nitrogens is 3. The Morgan fingerprint density at radius 3 is 2.36 bits per heavy atom. The summed E-state index contributed by atoms with van der Waals surface area (Å²) in [5.41, 5.74) is -0.306. The van der Waals surface area contributed by atoms with Crippen molar-refractivity contribution < 1.29 is 14.3 Å². The summed E-state index contributed by atoms with van der Waals surface area (Å²) in [5.74, 6) is -0.636. The van der Waals surface area contributed by atoms with Gasteiger partial charge in [-0.3, -0.25) is 14.6 Å². The normalized spacial score (nSPS) is 11.0. The quantitative estimate of drug-likeness (QED) is 0.203. The van der Waals surface area contributed by atoms with Crippen LogP contribution in [0.15, 0.2) is 16.9 Å². The lowest BCUT2D eigenvalue weighted by molar-refractivity contribution is -0.138. The fraction of sp³-hybridized carbons (Fsp3) is 0.684. The molecule has 0 aromatic carbocycles. The number of allylic oxidation sites excluding steroid dienone is 2. The van der Waals surface area contributed by atoms with Crippen LogP contribution < -0.4 is 16.3 Å². The van der Waals surface area contributed by atoms with E-state index in [0.29, 0.717) is 25.6 Å². The molecule has 1 aromatic heterocycles. The van der Waals surface area contributed by atoms with Gasteiger partial charge in [0.15, 0.2) is 5.82 Å². The Bertz CT molecular complexity index is 638. The van der Waals surface area contributed by atoms with Crippen molar-refractivity contribution in [1.82, 2.24) is 25.8 Å². The molecule has 0 aliphatic carbocycles. The minimum absolute atomic E-state index is 0.306. The van der Waals surface area contributed by atoms with E-state index in [2.05, 4.69) is 38.0 Å². The molecule has 1 heterocycles. The van der Waals surface area contributed by atoms with E-state index >= 15 is 0 Å². The summed E-state index contributed by atoms with van der Waals surface area (Å²) in [6.45, 7) is 1.55. The Kier molecular flexibility index (Phi) is 13.2. The largest absolute Gasteiger partial charge is 0.373 e. The highest BCUT2D eigenvalue weighted by Gasteiger charge is 2.08.